The molecule has 1 aromatic carbocycles. The fourth-order valence-electron chi connectivity index (χ4n) is 2.67. The minimum atomic E-state index is -3.64. The Kier molecular flexibility index (Phi) is 4.40. The summed E-state index contributed by atoms with van der Waals surface area (Å²) in [5.74, 6) is -1.15. The molecule has 2 aromatic rings. The van der Waals surface area contributed by atoms with Crippen LogP contribution in [-0.2, 0) is 25.8 Å². The van der Waals surface area contributed by atoms with Crippen molar-refractivity contribution in [2.45, 2.75) is 30.9 Å². The van der Waals surface area contributed by atoms with E-state index in [1.807, 2.05) is 30.3 Å². The Morgan fingerprint density at radius 2 is 2.00 bits per heavy atom. The summed E-state index contributed by atoms with van der Waals surface area (Å²) in [5.41, 5.74) is 1.12. The molecule has 0 saturated heterocycles. The second-order valence-electron chi connectivity index (χ2n) is 6.19. The van der Waals surface area contributed by atoms with Crippen molar-refractivity contribution in [1.82, 2.24) is 15.5 Å². The highest BCUT2D eigenvalue weighted by molar-refractivity contribution is 7.91. The molecule has 3 rings (SSSR count). The van der Waals surface area contributed by atoms with Gasteiger partial charge in [0, 0.05) is 12.0 Å². The SMILES string of the molecule is Cc1noc(CS(=O)(=O)CC(=O)NCC2(c3ccccc3)CC2)n1. The summed E-state index contributed by atoms with van der Waals surface area (Å²) < 4.78 is 28.9. The van der Waals surface area contributed by atoms with Crippen LogP contribution in [-0.4, -0.2) is 36.8 Å². The summed E-state index contributed by atoms with van der Waals surface area (Å²) in [6, 6.07) is 9.95. The molecule has 1 aliphatic rings. The number of sulfone groups is 1. The van der Waals surface area contributed by atoms with E-state index in [4.69, 9.17) is 4.52 Å². The first kappa shape index (κ1) is 16.6. The monoisotopic (exact) mass is 349 g/mol. The third kappa shape index (κ3) is 4.00. The van der Waals surface area contributed by atoms with Gasteiger partial charge in [-0.25, -0.2) is 8.42 Å². The molecule has 1 N–H and O–H groups in total. The van der Waals surface area contributed by atoms with Crippen LogP contribution in [0.15, 0.2) is 34.9 Å². The molecular weight excluding hydrogens is 330 g/mol. The van der Waals surface area contributed by atoms with Gasteiger partial charge in [-0.2, -0.15) is 4.98 Å². The number of hydrogen-bond acceptors (Lipinski definition) is 6. The van der Waals surface area contributed by atoms with Gasteiger partial charge in [0.15, 0.2) is 15.7 Å². The van der Waals surface area contributed by atoms with E-state index in [-0.39, 0.29) is 11.3 Å². The molecule has 1 heterocycles. The third-order valence-electron chi connectivity index (χ3n) is 4.13. The van der Waals surface area contributed by atoms with Crippen molar-refractivity contribution in [1.29, 1.82) is 0 Å². The lowest BCUT2D eigenvalue weighted by molar-refractivity contribution is -0.118. The number of carbonyl (C=O) groups excluding carboxylic acids is 1. The molecule has 1 fully saturated rings. The summed E-state index contributed by atoms with van der Waals surface area (Å²) in [7, 11) is -3.64. The standard InChI is InChI=1S/C16H19N3O4S/c1-12-18-15(23-19-12)10-24(21,22)9-14(20)17-11-16(7-8-16)13-5-3-2-4-6-13/h2-6H,7-11H2,1H3,(H,17,20). The number of nitrogens with zero attached hydrogens (tertiary/aromatic N) is 2. The zero-order valence-electron chi connectivity index (χ0n) is 13.4. The first-order valence-electron chi connectivity index (χ1n) is 7.70. The van der Waals surface area contributed by atoms with E-state index in [0.717, 1.165) is 12.8 Å². The molecule has 1 aliphatic carbocycles. The van der Waals surface area contributed by atoms with E-state index in [9.17, 15) is 13.2 Å². The van der Waals surface area contributed by atoms with Crippen LogP contribution in [0.25, 0.3) is 0 Å². The number of amides is 1. The summed E-state index contributed by atoms with van der Waals surface area (Å²) in [6.07, 6.45) is 1.98. The van der Waals surface area contributed by atoms with Crippen molar-refractivity contribution >= 4 is 15.7 Å². The van der Waals surface area contributed by atoms with E-state index in [0.29, 0.717) is 12.4 Å². The normalized spacial score (nSPS) is 15.9. The minimum Gasteiger partial charge on any atom is -0.354 e. The molecule has 8 heteroatoms. The highest BCUT2D eigenvalue weighted by atomic mass is 32.2. The van der Waals surface area contributed by atoms with Crippen LogP contribution in [0.4, 0.5) is 0 Å². The Bertz CT molecular complexity index is 826. The van der Waals surface area contributed by atoms with Gasteiger partial charge < -0.3 is 9.84 Å². The number of aromatic nitrogens is 2. The fraction of sp³-hybridized carbons (Fsp3) is 0.438. The van der Waals surface area contributed by atoms with Crippen LogP contribution in [0.5, 0.6) is 0 Å². The lowest BCUT2D eigenvalue weighted by atomic mass is 9.96. The second-order valence-corrected chi connectivity index (χ2v) is 8.26. The molecular formula is C16H19N3O4S. The zero-order chi connectivity index (χ0) is 17.2. The molecule has 1 saturated carbocycles. The minimum absolute atomic E-state index is 0.00301. The molecule has 24 heavy (non-hydrogen) atoms. The summed E-state index contributed by atoms with van der Waals surface area (Å²) in [6.45, 7) is 2.05. The number of nitrogens with one attached hydrogen (secondary N) is 1. The van der Waals surface area contributed by atoms with Crippen LogP contribution in [0.1, 0.15) is 30.1 Å². The Morgan fingerprint density at radius 1 is 1.29 bits per heavy atom. The number of rotatable bonds is 7. The number of hydrogen-bond donors (Lipinski definition) is 1. The number of benzene rings is 1. The van der Waals surface area contributed by atoms with E-state index >= 15 is 0 Å². The molecule has 7 nitrogen and oxygen atoms in total. The van der Waals surface area contributed by atoms with Crippen LogP contribution < -0.4 is 5.32 Å². The molecule has 128 valence electrons. The van der Waals surface area contributed by atoms with Gasteiger partial charge in [-0.15, -0.1) is 0 Å². The number of aryl methyl sites for hydroxylation is 1. The van der Waals surface area contributed by atoms with Gasteiger partial charge in [0.05, 0.1) is 0 Å². The van der Waals surface area contributed by atoms with Crippen LogP contribution in [0.3, 0.4) is 0 Å². The van der Waals surface area contributed by atoms with Gasteiger partial charge in [0.1, 0.15) is 11.5 Å². The van der Waals surface area contributed by atoms with Gasteiger partial charge >= 0.3 is 0 Å². The Balaban J connectivity index is 1.54. The van der Waals surface area contributed by atoms with E-state index in [2.05, 4.69) is 15.5 Å². The summed E-state index contributed by atoms with van der Waals surface area (Å²) >= 11 is 0. The summed E-state index contributed by atoms with van der Waals surface area (Å²) in [5, 5.41) is 6.29. The van der Waals surface area contributed by atoms with Gasteiger partial charge in [0.2, 0.25) is 11.8 Å². The van der Waals surface area contributed by atoms with E-state index < -0.39 is 27.3 Å². The average Bonchev–Trinajstić information content (AvgIpc) is 3.23. The molecule has 0 bridgehead atoms. The molecule has 1 amide bonds. The topological polar surface area (TPSA) is 102 Å². The van der Waals surface area contributed by atoms with Crippen LogP contribution >= 0.6 is 0 Å². The molecule has 0 spiro atoms. The number of carbonyl (C=O) groups is 1. The van der Waals surface area contributed by atoms with Crippen molar-refractivity contribution in [3.05, 3.63) is 47.6 Å². The highest BCUT2D eigenvalue weighted by Crippen LogP contribution is 2.47. The first-order chi connectivity index (χ1) is 11.4. The first-order valence-corrected chi connectivity index (χ1v) is 9.53. The Labute approximate surface area is 140 Å². The van der Waals surface area contributed by atoms with Gasteiger partial charge in [0.25, 0.3) is 0 Å². The smallest absolute Gasteiger partial charge is 0.241 e. The third-order valence-corrected chi connectivity index (χ3v) is 5.52. The lowest BCUT2D eigenvalue weighted by Crippen LogP contribution is -2.36. The predicted octanol–water partition coefficient (Wildman–Crippen LogP) is 1.14. The maximum absolute atomic E-state index is 12.0. The Hall–Kier alpha value is -2.22. The predicted molar refractivity (Wildman–Crippen MR) is 86.9 cm³/mol. The van der Waals surface area contributed by atoms with Gasteiger partial charge in [-0.05, 0) is 25.3 Å². The van der Waals surface area contributed by atoms with E-state index in [1.165, 1.54) is 5.56 Å². The fourth-order valence-corrected chi connectivity index (χ4v) is 3.76. The maximum Gasteiger partial charge on any atom is 0.241 e. The lowest BCUT2D eigenvalue weighted by Gasteiger charge is -2.16. The largest absolute Gasteiger partial charge is 0.354 e. The molecule has 0 radical (unpaired) electrons. The highest BCUT2D eigenvalue weighted by Gasteiger charge is 2.44. The second kappa shape index (κ2) is 6.35. The van der Waals surface area contributed by atoms with Crippen molar-refractivity contribution in [2.75, 3.05) is 12.3 Å². The van der Waals surface area contributed by atoms with Gasteiger partial charge in [-0.3, -0.25) is 4.79 Å². The van der Waals surface area contributed by atoms with Crippen molar-refractivity contribution in [3.63, 3.8) is 0 Å². The van der Waals surface area contributed by atoms with Crippen LogP contribution in [0, 0.1) is 6.92 Å². The van der Waals surface area contributed by atoms with Crippen LogP contribution in [0.2, 0.25) is 0 Å². The Morgan fingerprint density at radius 3 is 2.58 bits per heavy atom. The molecule has 1 aromatic heterocycles. The summed E-state index contributed by atoms with van der Waals surface area (Å²) in [4.78, 5) is 15.9. The van der Waals surface area contributed by atoms with Crippen molar-refractivity contribution < 1.29 is 17.7 Å². The molecule has 0 aliphatic heterocycles. The zero-order valence-corrected chi connectivity index (χ0v) is 14.2. The van der Waals surface area contributed by atoms with Crippen molar-refractivity contribution in [2.24, 2.45) is 0 Å². The maximum atomic E-state index is 12.0. The van der Waals surface area contributed by atoms with E-state index in [1.54, 1.807) is 6.92 Å². The quantitative estimate of drug-likeness (QED) is 0.804. The molecule has 0 atom stereocenters. The molecule has 0 unspecified atom stereocenters. The van der Waals surface area contributed by atoms with Gasteiger partial charge in [-0.1, -0.05) is 35.5 Å². The van der Waals surface area contributed by atoms with Crippen molar-refractivity contribution in [3.8, 4) is 0 Å². The average molecular weight is 349 g/mol.